The number of hydrogen-bond acceptors (Lipinski definition) is 3. The lowest BCUT2D eigenvalue weighted by Gasteiger charge is -2.09. The summed E-state index contributed by atoms with van der Waals surface area (Å²) in [5, 5.41) is 0.574. The van der Waals surface area contributed by atoms with Crippen LogP contribution in [-0.2, 0) is 0 Å². The second-order valence-corrected chi connectivity index (χ2v) is 4.49. The molecule has 0 aliphatic heterocycles. The predicted molar refractivity (Wildman–Crippen MR) is 74.1 cm³/mol. The maximum absolute atomic E-state index is 12.0. The first kappa shape index (κ1) is 13.4. The number of rotatable bonds is 3. The lowest BCUT2D eigenvalue weighted by molar-refractivity contribution is 0.0729. The maximum atomic E-state index is 12.0. The summed E-state index contributed by atoms with van der Waals surface area (Å²) in [7, 11) is 1.54. The number of halogens is 1. The number of benzene rings is 2. The molecule has 2 rings (SSSR count). The highest BCUT2D eigenvalue weighted by Gasteiger charge is 2.12. The molecule has 0 amide bonds. The minimum atomic E-state index is -0.446. The van der Waals surface area contributed by atoms with E-state index in [0.717, 1.165) is 5.56 Å². The highest BCUT2D eigenvalue weighted by molar-refractivity contribution is 6.30. The van der Waals surface area contributed by atoms with E-state index >= 15 is 0 Å². The van der Waals surface area contributed by atoms with Gasteiger partial charge in [-0.2, -0.15) is 0 Å². The molecule has 0 atom stereocenters. The normalized spacial score (nSPS) is 10.1. The molecule has 2 aromatic rings. The fourth-order valence-electron chi connectivity index (χ4n) is 1.60. The quantitative estimate of drug-likeness (QED) is 0.630. The van der Waals surface area contributed by atoms with Gasteiger partial charge >= 0.3 is 5.97 Å². The topological polar surface area (TPSA) is 35.5 Å². The van der Waals surface area contributed by atoms with E-state index in [1.54, 1.807) is 30.3 Å². The Balaban J connectivity index is 2.21. The number of hydrogen-bond donors (Lipinski definition) is 0. The predicted octanol–water partition coefficient (Wildman–Crippen LogP) is 3.88. The molecule has 0 spiro atoms. The summed E-state index contributed by atoms with van der Waals surface area (Å²) < 4.78 is 10.5. The Bertz CT molecular complexity index is 591. The van der Waals surface area contributed by atoms with Crippen LogP contribution >= 0.6 is 11.6 Å². The Morgan fingerprint density at radius 1 is 1.05 bits per heavy atom. The van der Waals surface area contributed by atoms with E-state index in [2.05, 4.69) is 0 Å². The molecule has 0 saturated carbocycles. The molecule has 0 bridgehead atoms. The van der Waals surface area contributed by atoms with Crippen molar-refractivity contribution in [2.45, 2.75) is 6.92 Å². The number of carbonyl (C=O) groups excluding carboxylic acids is 1. The molecule has 0 aliphatic rings. The first-order chi connectivity index (χ1) is 9.10. The van der Waals surface area contributed by atoms with Crippen LogP contribution in [0.3, 0.4) is 0 Å². The van der Waals surface area contributed by atoms with Gasteiger partial charge < -0.3 is 9.47 Å². The third kappa shape index (κ3) is 3.26. The average molecular weight is 277 g/mol. The van der Waals surface area contributed by atoms with E-state index in [0.29, 0.717) is 22.1 Å². The van der Waals surface area contributed by atoms with Gasteiger partial charge in [-0.25, -0.2) is 4.79 Å². The summed E-state index contributed by atoms with van der Waals surface area (Å²) in [5.41, 5.74) is 1.47. The van der Waals surface area contributed by atoms with Crippen molar-refractivity contribution in [3.8, 4) is 11.5 Å². The van der Waals surface area contributed by atoms with Crippen LogP contribution in [0.5, 0.6) is 11.5 Å². The summed E-state index contributed by atoms with van der Waals surface area (Å²) in [6, 6.07) is 11.9. The van der Waals surface area contributed by atoms with Crippen LogP contribution in [0.2, 0.25) is 5.02 Å². The van der Waals surface area contributed by atoms with Crippen molar-refractivity contribution < 1.29 is 14.3 Å². The largest absolute Gasteiger partial charge is 0.493 e. The molecule has 0 heterocycles. The van der Waals surface area contributed by atoms with Gasteiger partial charge in [0, 0.05) is 5.02 Å². The maximum Gasteiger partial charge on any atom is 0.343 e. The molecule has 0 unspecified atom stereocenters. The molecular weight excluding hydrogens is 264 g/mol. The molecule has 3 nitrogen and oxygen atoms in total. The van der Waals surface area contributed by atoms with Crippen molar-refractivity contribution in [1.29, 1.82) is 0 Å². The average Bonchev–Trinajstić information content (AvgIpc) is 2.41. The molecule has 0 N–H and O–H groups in total. The highest BCUT2D eigenvalue weighted by atomic mass is 35.5. The van der Waals surface area contributed by atoms with Gasteiger partial charge in [-0.15, -0.1) is 0 Å². The zero-order valence-corrected chi connectivity index (χ0v) is 11.4. The number of methoxy groups -OCH3 is 1. The number of ether oxygens (including phenoxy) is 2. The fraction of sp³-hybridized carbons (Fsp3) is 0.133. The van der Waals surface area contributed by atoms with Crippen molar-refractivity contribution >= 4 is 17.6 Å². The lowest BCUT2D eigenvalue weighted by atomic mass is 10.2. The van der Waals surface area contributed by atoms with Gasteiger partial charge in [-0.1, -0.05) is 17.7 Å². The second kappa shape index (κ2) is 5.76. The molecular formula is C15H13ClO3. The van der Waals surface area contributed by atoms with Crippen molar-refractivity contribution in [2.24, 2.45) is 0 Å². The Morgan fingerprint density at radius 2 is 1.74 bits per heavy atom. The molecule has 4 heteroatoms. The van der Waals surface area contributed by atoms with E-state index in [-0.39, 0.29) is 0 Å². The third-order valence-electron chi connectivity index (χ3n) is 2.60. The van der Waals surface area contributed by atoms with E-state index in [9.17, 15) is 4.79 Å². The van der Waals surface area contributed by atoms with Gasteiger partial charge in [0.25, 0.3) is 0 Å². The summed E-state index contributed by atoms with van der Waals surface area (Å²) in [5.74, 6) is 0.481. The molecule has 2 aromatic carbocycles. The fourth-order valence-corrected chi connectivity index (χ4v) is 1.73. The molecule has 19 heavy (non-hydrogen) atoms. The highest BCUT2D eigenvalue weighted by Crippen LogP contribution is 2.28. The number of aryl methyl sites for hydroxylation is 1. The molecule has 0 saturated heterocycles. The van der Waals surface area contributed by atoms with E-state index in [4.69, 9.17) is 21.1 Å². The number of carbonyl (C=O) groups is 1. The lowest BCUT2D eigenvalue weighted by Crippen LogP contribution is -2.09. The molecule has 98 valence electrons. The van der Waals surface area contributed by atoms with Gasteiger partial charge in [0.05, 0.1) is 12.7 Å². The van der Waals surface area contributed by atoms with Gasteiger partial charge in [-0.3, -0.25) is 0 Å². The third-order valence-corrected chi connectivity index (χ3v) is 2.85. The molecule has 0 fully saturated rings. The minimum absolute atomic E-state index is 0.396. The van der Waals surface area contributed by atoms with Crippen LogP contribution in [-0.4, -0.2) is 13.1 Å². The van der Waals surface area contributed by atoms with Gasteiger partial charge in [-0.05, 0) is 48.9 Å². The standard InChI is InChI=1S/C15H13ClO3/c1-10-3-8-13(14(9-10)18-2)19-15(17)11-4-6-12(16)7-5-11/h3-9H,1-2H3. The van der Waals surface area contributed by atoms with E-state index in [1.807, 2.05) is 19.1 Å². The van der Waals surface area contributed by atoms with Crippen molar-refractivity contribution in [3.05, 3.63) is 58.6 Å². The van der Waals surface area contributed by atoms with Crippen LogP contribution in [0.4, 0.5) is 0 Å². The zero-order chi connectivity index (χ0) is 13.8. The van der Waals surface area contributed by atoms with Gasteiger partial charge in [0.1, 0.15) is 0 Å². The smallest absolute Gasteiger partial charge is 0.343 e. The summed E-state index contributed by atoms with van der Waals surface area (Å²) in [6.45, 7) is 1.94. The summed E-state index contributed by atoms with van der Waals surface area (Å²) in [6.07, 6.45) is 0. The SMILES string of the molecule is COc1cc(C)ccc1OC(=O)c1ccc(Cl)cc1. The molecule has 0 radical (unpaired) electrons. The van der Waals surface area contributed by atoms with Gasteiger partial charge in [0.2, 0.25) is 0 Å². The van der Waals surface area contributed by atoms with Crippen molar-refractivity contribution in [2.75, 3.05) is 7.11 Å². The van der Waals surface area contributed by atoms with E-state index < -0.39 is 5.97 Å². The van der Waals surface area contributed by atoms with Crippen LogP contribution in [0.15, 0.2) is 42.5 Å². The summed E-state index contributed by atoms with van der Waals surface area (Å²) >= 11 is 5.77. The Kier molecular flexibility index (Phi) is 4.07. The van der Waals surface area contributed by atoms with Crippen LogP contribution < -0.4 is 9.47 Å². The first-order valence-corrected chi connectivity index (χ1v) is 6.10. The molecule has 0 aliphatic carbocycles. The first-order valence-electron chi connectivity index (χ1n) is 5.72. The minimum Gasteiger partial charge on any atom is -0.493 e. The molecule has 0 aromatic heterocycles. The van der Waals surface area contributed by atoms with Crippen LogP contribution in [0, 0.1) is 6.92 Å². The van der Waals surface area contributed by atoms with Crippen molar-refractivity contribution in [1.82, 2.24) is 0 Å². The van der Waals surface area contributed by atoms with E-state index in [1.165, 1.54) is 7.11 Å². The van der Waals surface area contributed by atoms with Gasteiger partial charge in [0.15, 0.2) is 11.5 Å². The Labute approximate surface area is 116 Å². The Hall–Kier alpha value is -2.00. The second-order valence-electron chi connectivity index (χ2n) is 4.05. The Morgan fingerprint density at radius 3 is 2.37 bits per heavy atom. The zero-order valence-electron chi connectivity index (χ0n) is 10.6. The van der Waals surface area contributed by atoms with Crippen LogP contribution in [0.1, 0.15) is 15.9 Å². The summed E-state index contributed by atoms with van der Waals surface area (Å²) in [4.78, 5) is 12.0. The van der Waals surface area contributed by atoms with Crippen molar-refractivity contribution in [3.63, 3.8) is 0 Å². The monoisotopic (exact) mass is 276 g/mol. The van der Waals surface area contributed by atoms with Crippen LogP contribution in [0.25, 0.3) is 0 Å². The number of esters is 1.